The van der Waals surface area contributed by atoms with Gasteiger partial charge in [0.05, 0.1) is 4.90 Å². The van der Waals surface area contributed by atoms with Gasteiger partial charge >= 0.3 is 6.09 Å². The SMILES string of the molecule is Cc1ccc(S(=O)(=O)OCCOc2ccc(CCC(C)CC[C@H](C)NC(=O)OC(C)(C)C)cc2)cc1. The first-order chi connectivity index (χ1) is 16.8. The number of carbonyl (C=O) groups is 1. The zero-order chi connectivity index (χ0) is 26.8. The van der Waals surface area contributed by atoms with Gasteiger partial charge in [0.25, 0.3) is 10.1 Å². The van der Waals surface area contributed by atoms with Crippen LogP contribution in [0.5, 0.6) is 5.75 Å². The van der Waals surface area contributed by atoms with Crippen molar-refractivity contribution < 1.29 is 26.9 Å². The van der Waals surface area contributed by atoms with Crippen molar-refractivity contribution in [2.45, 2.75) is 83.8 Å². The minimum atomic E-state index is -3.78. The molecule has 2 atom stereocenters. The number of nitrogens with one attached hydrogen (secondary N) is 1. The summed E-state index contributed by atoms with van der Waals surface area (Å²) < 4.78 is 40.4. The van der Waals surface area contributed by atoms with Crippen LogP contribution in [-0.2, 0) is 25.5 Å². The monoisotopic (exact) mass is 519 g/mol. The van der Waals surface area contributed by atoms with Crippen molar-refractivity contribution >= 4 is 16.2 Å². The van der Waals surface area contributed by atoms with E-state index >= 15 is 0 Å². The van der Waals surface area contributed by atoms with E-state index in [2.05, 4.69) is 12.2 Å². The van der Waals surface area contributed by atoms with Gasteiger partial charge in [-0.3, -0.25) is 4.18 Å². The van der Waals surface area contributed by atoms with E-state index in [4.69, 9.17) is 13.7 Å². The summed E-state index contributed by atoms with van der Waals surface area (Å²) in [7, 11) is -3.78. The molecule has 0 radical (unpaired) electrons. The highest BCUT2D eigenvalue weighted by molar-refractivity contribution is 7.86. The van der Waals surface area contributed by atoms with Gasteiger partial charge in [0.15, 0.2) is 0 Å². The molecule has 2 aromatic rings. The zero-order valence-electron chi connectivity index (χ0n) is 22.4. The number of alkyl carbamates (subject to hydrolysis) is 1. The van der Waals surface area contributed by atoms with Gasteiger partial charge in [-0.1, -0.05) is 36.8 Å². The third kappa shape index (κ3) is 11.4. The van der Waals surface area contributed by atoms with Crippen molar-refractivity contribution in [2.75, 3.05) is 13.2 Å². The number of aryl methyl sites for hydroxylation is 2. The van der Waals surface area contributed by atoms with E-state index in [1.54, 1.807) is 12.1 Å². The van der Waals surface area contributed by atoms with Crippen LogP contribution in [0, 0.1) is 12.8 Å². The quantitative estimate of drug-likeness (QED) is 0.256. The average molecular weight is 520 g/mol. The molecular weight excluding hydrogens is 478 g/mol. The topological polar surface area (TPSA) is 90.9 Å². The van der Waals surface area contributed by atoms with Crippen molar-refractivity contribution in [2.24, 2.45) is 5.92 Å². The Morgan fingerprint density at radius 1 is 0.917 bits per heavy atom. The molecule has 0 aliphatic carbocycles. The Kier molecular flexibility index (Phi) is 11.2. The van der Waals surface area contributed by atoms with Gasteiger partial charge in [-0.2, -0.15) is 8.42 Å². The number of ether oxygens (including phenoxy) is 2. The van der Waals surface area contributed by atoms with Gasteiger partial charge in [-0.05, 0) is 96.0 Å². The molecule has 1 amide bonds. The maximum Gasteiger partial charge on any atom is 0.407 e. The largest absolute Gasteiger partial charge is 0.491 e. The molecule has 1 unspecified atom stereocenters. The van der Waals surface area contributed by atoms with E-state index in [0.717, 1.165) is 31.2 Å². The number of carbonyl (C=O) groups excluding carboxylic acids is 1. The lowest BCUT2D eigenvalue weighted by Crippen LogP contribution is -2.37. The molecule has 0 aliphatic rings. The number of benzene rings is 2. The predicted molar refractivity (Wildman–Crippen MR) is 142 cm³/mol. The molecule has 0 aromatic heterocycles. The third-order valence-electron chi connectivity index (χ3n) is 5.60. The molecule has 0 spiro atoms. The molecule has 7 nitrogen and oxygen atoms in total. The second-order valence-corrected chi connectivity index (χ2v) is 12.0. The van der Waals surface area contributed by atoms with Gasteiger partial charge in [-0.15, -0.1) is 0 Å². The first-order valence-electron chi connectivity index (χ1n) is 12.5. The summed E-state index contributed by atoms with van der Waals surface area (Å²) in [6, 6.07) is 14.4. The molecule has 36 heavy (non-hydrogen) atoms. The van der Waals surface area contributed by atoms with Crippen molar-refractivity contribution in [1.29, 1.82) is 0 Å². The van der Waals surface area contributed by atoms with Gasteiger partial charge in [-0.25, -0.2) is 4.79 Å². The molecular formula is C28H41NO6S. The van der Waals surface area contributed by atoms with Crippen molar-refractivity contribution in [3.63, 3.8) is 0 Å². The molecule has 0 fully saturated rings. The van der Waals surface area contributed by atoms with Crippen molar-refractivity contribution in [3.8, 4) is 5.75 Å². The summed E-state index contributed by atoms with van der Waals surface area (Å²) in [5, 5.41) is 2.89. The van der Waals surface area contributed by atoms with E-state index in [-0.39, 0.29) is 30.2 Å². The maximum atomic E-state index is 12.2. The number of hydrogen-bond acceptors (Lipinski definition) is 6. The first kappa shape index (κ1) is 29.6. The van der Waals surface area contributed by atoms with E-state index in [0.29, 0.717) is 11.7 Å². The van der Waals surface area contributed by atoms with E-state index in [1.165, 1.54) is 17.7 Å². The summed E-state index contributed by atoms with van der Waals surface area (Å²) in [6.07, 6.45) is 3.54. The number of rotatable bonds is 13. The molecule has 2 rings (SSSR count). The van der Waals surface area contributed by atoms with Crippen LogP contribution in [0.4, 0.5) is 4.79 Å². The van der Waals surface area contributed by atoms with Crippen LogP contribution < -0.4 is 10.1 Å². The Morgan fingerprint density at radius 3 is 2.17 bits per heavy atom. The molecule has 1 N–H and O–H groups in total. The number of amides is 1. The molecule has 0 aliphatic heterocycles. The van der Waals surface area contributed by atoms with Gasteiger partial charge in [0.1, 0.15) is 24.6 Å². The standard InChI is InChI=1S/C28H41NO6S/c1-21(7-11-23(3)29-27(30)35-28(4,5)6)8-12-24-13-15-25(16-14-24)33-19-20-34-36(31,32)26-17-9-22(2)10-18-26/h9-10,13-18,21,23H,7-8,11-12,19-20H2,1-6H3,(H,29,30)/t21?,23-/m0/s1. The van der Waals surface area contributed by atoms with Crippen molar-refractivity contribution in [3.05, 3.63) is 59.7 Å². The van der Waals surface area contributed by atoms with Crippen LogP contribution in [0.15, 0.2) is 53.4 Å². The Balaban J connectivity index is 1.65. The lowest BCUT2D eigenvalue weighted by molar-refractivity contribution is 0.0504. The predicted octanol–water partition coefficient (Wildman–Crippen LogP) is 6.04. The van der Waals surface area contributed by atoms with Crippen LogP contribution in [0.1, 0.15) is 65.0 Å². The van der Waals surface area contributed by atoms with Crippen molar-refractivity contribution in [1.82, 2.24) is 5.32 Å². The van der Waals surface area contributed by atoms with E-state index < -0.39 is 15.7 Å². The number of hydrogen-bond donors (Lipinski definition) is 1. The van der Waals surface area contributed by atoms with Crippen LogP contribution >= 0.6 is 0 Å². The fraction of sp³-hybridized carbons (Fsp3) is 0.536. The lowest BCUT2D eigenvalue weighted by Gasteiger charge is -2.22. The van der Waals surface area contributed by atoms with Gasteiger partial charge in [0.2, 0.25) is 0 Å². The Morgan fingerprint density at radius 2 is 1.56 bits per heavy atom. The summed E-state index contributed by atoms with van der Waals surface area (Å²) in [4.78, 5) is 12.0. The molecule has 200 valence electrons. The van der Waals surface area contributed by atoms with Crippen LogP contribution in [-0.4, -0.2) is 39.4 Å². The Bertz CT molecular complexity index is 1040. The molecule has 8 heteroatoms. The highest BCUT2D eigenvalue weighted by atomic mass is 32.2. The third-order valence-corrected chi connectivity index (χ3v) is 6.93. The fourth-order valence-corrected chi connectivity index (χ4v) is 4.39. The Hall–Kier alpha value is -2.58. The zero-order valence-corrected chi connectivity index (χ0v) is 23.2. The summed E-state index contributed by atoms with van der Waals surface area (Å²) in [6.45, 7) is 11.8. The van der Waals surface area contributed by atoms with Gasteiger partial charge in [0, 0.05) is 6.04 Å². The average Bonchev–Trinajstić information content (AvgIpc) is 2.79. The van der Waals surface area contributed by atoms with E-state index in [9.17, 15) is 13.2 Å². The van der Waals surface area contributed by atoms with Crippen LogP contribution in [0.25, 0.3) is 0 Å². The molecule has 0 bridgehead atoms. The maximum absolute atomic E-state index is 12.2. The molecule has 2 aromatic carbocycles. The highest BCUT2D eigenvalue weighted by Gasteiger charge is 2.18. The first-order valence-corrected chi connectivity index (χ1v) is 13.9. The van der Waals surface area contributed by atoms with Crippen LogP contribution in [0.3, 0.4) is 0 Å². The molecule has 0 saturated carbocycles. The molecule has 0 heterocycles. The summed E-state index contributed by atoms with van der Waals surface area (Å²) in [5.74, 6) is 1.20. The normalized spacial score (nSPS) is 13.6. The fourth-order valence-electron chi connectivity index (χ4n) is 3.50. The van der Waals surface area contributed by atoms with E-state index in [1.807, 2.05) is 58.9 Å². The smallest absolute Gasteiger partial charge is 0.407 e. The van der Waals surface area contributed by atoms with Gasteiger partial charge < -0.3 is 14.8 Å². The Labute approximate surface area is 216 Å². The second-order valence-electron chi connectivity index (χ2n) is 10.4. The second kappa shape index (κ2) is 13.7. The molecule has 0 saturated heterocycles. The minimum Gasteiger partial charge on any atom is -0.491 e. The lowest BCUT2D eigenvalue weighted by atomic mass is 9.95. The summed E-state index contributed by atoms with van der Waals surface area (Å²) in [5.41, 5.74) is 1.71. The summed E-state index contributed by atoms with van der Waals surface area (Å²) >= 11 is 0. The minimum absolute atomic E-state index is 0.0588. The highest BCUT2D eigenvalue weighted by Crippen LogP contribution is 2.19. The van der Waals surface area contributed by atoms with Crippen LogP contribution in [0.2, 0.25) is 0 Å².